The summed E-state index contributed by atoms with van der Waals surface area (Å²) >= 11 is 1.34. The summed E-state index contributed by atoms with van der Waals surface area (Å²) in [7, 11) is 0. The van der Waals surface area contributed by atoms with E-state index in [0.717, 1.165) is 22.1 Å². The van der Waals surface area contributed by atoms with Crippen molar-refractivity contribution in [2.24, 2.45) is 0 Å². The molecule has 0 amide bonds. The third kappa shape index (κ3) is 2.53. The molecule has 0 aliphatic heterocycles. The van der Waals surface area contributed by atoms with Gasteiger partial charge in [0.05, 0.1) is 4.88 Å². The summed E-state index contributed by atoms with van der Waals surface area (Å²) in [4.78, 5) is 23.1. The molecule has 0 saturated carbocycles. The van der Waals surface area contributed by atoms with E-state index >= 15 is 0 Å². The second-order valence-corrected chi connectivity index (χ2v) is 4.33. The second-order valence-electron chi connectivity index (χ2n) is 3.27. The molecule has 0 fully saturated rings. The van der Waals surface area contributed by atoms with Gasteiger partial charge in [0.2, 0.25) is 0 Å². The maximum Gasteiger partial charge on any atom is 0.328 e. The molecule has 1 aromatic rings. The van der Waals surface area contributed by atoms with Crippen LogP contribution in [0.1, 0.15) is 32.6 Å². The topological polar surface area (TPSA) is 54.4 Å². The highest BCUT2D eigenvalue weighted by Gasteiger charge is 2.12. The summed E-state index contributed by atoms with van der Waals surface area (Å²) in [6.07, 6.45) is 2.62. The largest absolute Gasteiger partial charge is 0.478 e. The Labute approximate surface area is 92.1 Å². The van der Waals surface area contributed by atoms with Crippen molar-refractivity contribution in [2.75, 3.05) is 0 Å². The lowest BCUT2D eigenvalue weighted by Gasteiger charge is -1.92. The first-order valence-electron chi connectivity index (χ1n) is 4.45. The summed E-state index contributed by atoms with van der Waals surface area (Å²) in [6, 6.07) is 0. The van der Waals surface area contributed by atoms with Crippen LogP contribution in [0.25, 0.3) is 6.08 Å². The van der Waals surface area contributed by atoms with Crippen LogP contribution in [-0.2, 0) is 4.79 Å². The molecule has 0 atom stereocenters. The minimum absolute atomic E-state index is 0.0237. The van der Waals surface area contributed by atoms with Gasteiger partial charge in [0.15, 0.2) is 5.78 Å². The molecule has 0 aliphatic carbocycles. The number of Topliss-reactive ketones (excluding diaryl/α,β-unsaturated/α-hetero) is 1. The number of rotatable bonds is 3. The predicted molar refractivity (Wildman–Crippen MR) is 60.5 cm³/mol. The summed E-state index contributed by atoms with van der Waals surface area (Å²) in [5.74, 6) is -0.958. The highest BCUT2D eigenvalue weighted by atomic mass is 32.1. The summed E-state index contributed by atoms with van der Waals surface area (Å²) in [5, 5.41) is 8.50. The van der Waals surface area contributed by atoms with Crippen LogP contribution in [0.2, 0.25) is 0 Å². The lowest BCUT2D eigenvalue weighted by atomic mass is 10.1. The lowest BCUT2D eigenvalue weighted by Crippen LogP contribution is -1.89. The van der Waals surface area contributed by atoms with E-state index < -0.39 is 5.97 Å². The number of carboxylic acids is 1. The number of carboxylic acid groups (broad SMARTS) is 1. The van der Waals surface area contributed by atoms with Gasteiger partial charge < -0.3 is 5.11 Å². The van der Waals surface area contributed by atoms with E-state index in [9.17, 15) is 9.59 Å². The number of carbonyl (C=O) groups is 2. The van der Waals surface area contributed by atoms with Crippen molar-refractivity contribution in [3.8, 4) is 0 Å². The Morgan fingerprint density at radius 2 is 1.87 bits per heavy atom. The van der Waals surface area contributed by atoms with Gasteiger partial charge in [0.1, 0.15) is 0 Å². The van der Waals surface area contributed by atoms with Crippen LogP contribution in [0.15, 0.2) is 6.08 Å². The van der Waals surface area contributed by atoms with Crippen molar-refractivity contribution >= 4 is 29.2 Å². The van der Waals surface area contributed by atoms with Crippen molar-refractivity contribution in [3.05, 3.63) is 27.0 Å². The van der Waals surface area contributed by atoms with E-state index in [1.807, 2.05) is 13.8 Å². The third-order valence-electron chi connectivity index (χ3n) is 2.18. The molecular formula is C11H12O3S. The van der Waals surface area contributed by atoms with Crippen LogP contribution in [-0.4, -0.2) is 16.9 Å². The quantitative estimate of drug-likeness (QED) is 0.634. The molecule has 0 unspecified atom stereocenters. The van der Waals surface area contributed by atoms with Gasteiger partial charge in [-0.25, -0.2) is 4.79 Å². The van der Waals surface area contributed by atoms with Crippen LogP contribution in [0.3, 0.4) is 0 Å². The van der Waals surface area contributed by atoms with Crippen LogP contribution in [0.4, 0.5) is 0 Å². The molecule has 0 aromatic carbocycles. The van der Waals surface area contributed by atoms with Crippen LogP contribution in [0, 0.1) is 13.8 Å². The van der Waals surface area contributed by atoms with Gasteiger partial charge >= 0.3 is 5.97 Å². The SMILES string of the molecule is CC(=O)c1sc(C=CC(=O)O)c(C)c1C. The van der Waals surface area contributed by atoms with Crippen molar-refractivity contribution < 1.29 is 14.7 Å². The highest BCUT2D eigenvalue weighted by molar-refractivity contribution is 7.15. The monoisotopic (exact) mass is 224 g/mol. The molecule has 0 saturated heterocycles. The van der Waals surface area contributed by atoms with Gasteiger partial charge in [0, 0.05) is 11.0 Å². The average molecular weight is 224 g/mol. The Morgan fingerprint density at radius 3 is 2.27 bits per heavy atom. The zero-order chi connectivity index (χ0) is 11.6. The fourth-order valence-corrected chi connectivity index (χ4v) is 2.37. The molecule has 0 radical (unpaired) electrons. The molecule has 0 spiro atoms. The Morgan fingerprint density at radius 1 is 1.27 bits per heavy atom. The first kappa shape index (κ1) is 11.7. The van der Waals surface area contributed by atoms with Gasteiger partial charge in [-0.05, 0) is 38.0 Å². The lowest BCUT2D eigenvalue weighted by molar-refractivity contribution is -0.131. The van der Waals surface area contributed by atoms with Gasteiger partial charge in [-0.1, -0.05) is 0 Å². The molecule has 0 bridgehead atoms. The Bertz CT molecular complexity index is 441. The maximum atomic E-state index is 11.2. The van der Waals surface area contributed by atoms with Crippen LogP contribution in [0.5, 0.6) is 0 Å². The standard InChI is InChI=1S/C11H12O3S/c1-6-7(2)11(8(3)12)15-9(6)4-5-10(13)14/h4-5H,1-3H3,(H,13,14). The van der Waals surface area contributed by atoms with E-state index in [1.54, 1.807) is 0 Å². The molecule has 0 aliphatic rings. The molecule has 3 nitrogen and oxygen atoms in total. The van der Waals surface area contributed by atoms with Gasteiger partial charge in [-0.15, -0.1) is 11.3 Å². The number of hydrogen-bond acceptors (Lipinski definition) is 3. The maximum absolute atomic E-state index is 11.2. The van der Waals surface area contributed by atoms with E-state index in [1.165, 1.54) is 24.3 Å². The highest BCUT2D eigenvalue weighted by Crippen LogP contribution is 2.28. The fraction of sp³-hybridized carbons (Fsp3) is 0.273. The average Bonchev–Trinajstić information content (AvgIpc) is 2.41. The minimum Gasteiger partial charge on any atom is -0.478 e. The molecule has 4 heteroatoms. The van der Waals surface area contributed by atoms with Gasteiger partial charge in [0.25, 0.3) is 0 Å². The van der Waals surface area contributed by atoms with Crippen molar-refractivity contribution in [3.63, 3.8) is 0 Å². The predicted octanol–water partition coefficient (Wildman–Crippen LogP) is 2.67. The summed E-state index contributed by atoms with van der Waals surface area (Å²) in [6.45, 7) is 5.28. The Balaban J connectivity index is 3.16. The minimum atomic E-state index is -0.982. The van der Waals surface area contributed by atoms with Gasteiger partial charge in [-0.3, -0.25) is 4.79 Å². The van der Waals surface area contributed by atoms with Crippen molar-refractivity contribution in [1.82, 2.24) is 0 Å². The molecule has 15 heavy (non-hydrogen) atoms. The smallest absolute Gasteiger partial charge is 0.328 e. The Hall–Kier alpha value is -1.42. The van der Waals surface area contributed by atoms with Crippen molar-refractivity contribution in [2.45, 2.75) is 20.8 Å². The van der Waals surface area contributed by atoms with E-state index in [-0.39, 0.29) is 5.78 Å². The number of ketones is 1. The molecule has 1 aromatic heterocycles. The normalized spacial score (nSPS) is 10.9. The fourth-order valence-electron chi connectivity index (χ4n) is 1.26. The number of carbonyl (C=O) groups excluding carboxylic acids is 1. The number of aliphatic carboxylic acids is 1. The molecule has 1 rings (SSSR count). The van der Waals surface area contributed by atoms with Crippen LogP contribution >= 0.6 is 11.3 Å². The van der Waals surface area contributed by atoms with Gasteiger partial charge in [-0.2, -0.15) is 0 Å². The first-order valence-corrected chi connectivity index (χ1v) is 5.27. The third-order valence-corrected chi connectivity index (χ3v) is 3.64. The zero-order valence-corrected chi connectivity index (χ0v) is 9.64. The van der Waals surface area contributed by atoms with E-state index in [0.29, 0.717) is 4.88 Å². The second kappa shape index (κ2) is 4.40. The number of thiophene rings is 1. The van der Waals surface area contributed by atoms with Crippen LogP contribution < -0.4 is 0 Å². The summed E-state index contributed by atoms with van der Waals surface area (Å²) in [5.41, 5.74) is 1.92. The molecule has 1 N–H and O–H groups in total. The van der Waals surface area contributed by atoms with Crippen molar-refractivity contribution in [1.29, 1.82) is 0 Å². The molecule has 80 valence electrons. The zero-order valence-electron chi connectivity index (χ0n) is 8.83. The van der Waals surface area contributed by atoms with E-state index in [4.69, 9.17) is 5.11 Å². The molecular weight excluding hydrogens is 212 g/mol. The first-order chi connectivity index (χ1) is 6.93. The summed E-state index contributed by atoms with van der Waals surface area (Å²) < 4.78 is 0. The van der Waals surface area contributed by atoms with E-state index in [2.05, 4.69) is 0 Å². The number of hydrogen-bond donors (Lipinski definition) is 1. The Kier molecular flexibility index (Phi) is 3.42. The molecule has 1 heterocycles.